The van der Waals surface area contributed by atoms with Crippen LogP contribution in [0.2, 0.25) is 5.02 Å². The molecular weight excluding hydrogens is 340 g/mol. The smallest absolute Gasteiger partial charge is 0.258 e. The van der Waals surface area contributed by atoms with E-state index in [1.54, 1.807) is 12.1 Å². The van der Waals surface area contributed by atoms with Gasteiger partial charge in [-0.15, -0.1) is 0 Å². The third-order valence-corrected chi connectivity index (χ3v) is 4.46. The first-order valence-electron chi connectivity index (χ1n) is 7.69. The van der Waals surface area contributed by atoms with Crippen LogP contribution in [0.3, 0.4) is 0 Å². The van der Waals surface area contributed by atoms with Crippen LogP contribution in [0.1, 0.15) is 28.2 Å². The molecular formula is C18H13ClN4O2. The van der Waals surface area contributed by atoms with E-state index >= 15 is 0 Å². The van der Waals surface area contributed by atoms with Gasteiger partial charge in [0.15, 0.2) is 0 Å². The van der Waals surface area contributed by atoms with Gasteiger partial charge in [-0.25, -0.2) is 9.66 Å². The Balaban J connectivity index is 1.94. The number of fused-ring (bicyclic) bond motifs is 2. The third-order valence-electron chi connectivity index (χ3n) is 4.23. The molecule has 0 radical (unpaired) electrons. The van der Waals surface area contributed by atoms with Crippen molar-refractivity contribution in [3.05, 3.63) is 92.0 Å². The summed E-state index contributed by atoms with van der Waals surface area (Å²) in [6.07, 6.45) is 2.50. The number of benzene rings is 2. The van der Waals surface area contributed by atoms with Crippen molar-refractivity contribution in [2.75, 3.05) is 0 Å². The monoisotopic (exact) mass is 352 g/mol. The molecule has 25 heavy (non-hydrogen) atoms. The van der Waals surface area contributed by atoms with Gasteiger partial charge in [0.05, 0.1) is 22.5 Å². The van der Waals surface area contributed by atoms with Crippen LogP contribution in [-0.2, 0) is 6.42 Å². The van der Waals surface area contributed by atoms with Crippen LogP contribution in [0.5, 0.6) is 0 Å². The fourth-order valence-corrected chi connectivity index (χ4v) is 3.14. The summed E-state index contributed by atoms with van der Waals surface area (Å²) in [5.74, 6) is 0.785. The standard InChI is InChI=1S/C18H13ClN4O2/c1-11-20-10-16-8-13-2-5-14(19)9-17(13)18(21-22(11)16)12-3-6-15(7-4-12)23(24)25/h2-7,9-10H,8H2,1H3. The van der Waals surface area contributed by atoms with Crippen molar-refractivity contribution >= 4 is 23.0 Å². The van der Waals surface area contributed by atoms with Gasteiger partial charge in [0.1, 0.15) is 5.82 Å². The molecule has 0 amide bonds. The number of halogens is 1. The minimum atomic E-state index is -0.415. The Morgan fingerprint density at radius 1 is 1.20 bits per heavy atom. The van der Waals surface area contributed by atoms with Crippen LogP contribution in [0, 0.1) is 17.0 Å². The Morgan fingerprint density at radius 2 is 1.96 bits per heavy atom. The summed E-state index contributed by atoms with van der Waals surface area (Å²) in [5.41, 5.74) is 4.54. The highest BCUT2D eigenvalue weighted by molar-refractivity contribution is 6.31. The molecule has 2 aromatic carbocycles. The van der Waals surface area contributed by atoms with E-state index in [4.69, 9.17) is 16.7 Å². The third kappa shape index (κ3) is 2.70. The molecule has 1 aliphatic heterocycles. The predicted octanol–water partition coefficient (Wildman–Crippen LogP) is 3.96. The van der Waals surface area contributed by atoms with Gasteiger partial charge in [-0.2, -0.15) is 5.10 Å². The molecule has 7 heteroatoms. The van der Waals surface area contributed by atoms with Crippen molar-refractivity contribution < 1.29 is 4.92 Å². The lowest BCUT2D eigenvalue weighted by atomic mass is 9.95. The molecule has 1 aliphatic rings. The maximum absolute atomic E-state index is 10.9. The van der Waals surface area contributed by atoms with Gasteiger partial charge < -0.3 is 0 Å². The zero-order valence-corrected chi connectivity index (χ0v) is 14.1. The maximum Gasteiger partial charge on any atom is 0.269 e. The van der Waals surface area contributed by atoms with E-state index < -0.39 is 4.92 Å². The Kier molecular flexibility index (Phi) is 3.62. The average molecular weight is 353 g/mol. The van der Waals surface area contributed by atoms with Crippen molar-refractivity contribution in [1.82, 2.24) is 9.66 Å². The highest BCUT2D eigenvalue weighted by Gasteiger charge is 2.20. The number of aryl methyl sites for hydroxylation is 1. The number of non-ortho nitro benzene ring substituents is 1. The molecule has 0 unspecified atom stereocenters. The number of nitro groups is 1. The van der Waals surface area contributed by atoms with Crippen molar-refractivity contribution in [1.29, 1.82) is 0 Å². The molecule has 0 bridgehead atoms. The Morgan fingerprint density at radius 3 is 2.68 bits per heavy atom. The zero-order valence-electron chi connectivity index (χ0n) is 13.3. The lowest BCUT2D eigenvalue weighted by Crippen LogP contribution is -2.07. The molecule has 0 spiro atoms. The van der Waals surface area contributed by atoms with Crippen LogP contribution >= 0.6 is 11.6 Å². The normalized spacial score (nSPS) is 12.8. The molecule has 1 aromatic heterocycles. The number of rotatable bonds is 2. The Hall–Kier alpha value is -2.99. The van der Waals surface area contributed by atoms with Gasteiger partial charge in [-0.1, -0.05) is 17.7 Å². The fourth-order valence-electron chi connectivity index (χ4n) is 2.97. The summed E-state index contributed by atoms with van der Waals surface area (Å²) < 4.78 is 1.81. The Labute approximate surface area is 148 Å². The van der Waals surface area contributed by atoms with Gasteiger partial charge in [-0.3, -0.25) is 10.1 Å². The van der Waals surface area contributed by atoms with E-state index in [0.29, 0.717) is 17.2 Å². The first-order valence-corrected chi connectivity index (χ1v) is 8.06. The number of nitrogens with zero attached hydrogens (tertiary/aromatic N) is 4. The molecule has 0 aliphatic carbocycles. The molecule has 3 aromatic rings. The van der Waals surface area contributed by atoms with E-state index in [1.165, 1.54) is 12.1 Å². The Bertz CT molecular complexity index is 1020. The van der Waals surface area contributed by atoms with Crippen molar-refractivity contribution in [3.8, 4) is 0 Å². The zero-order chi connectivity index (χ0) is 17.6. The second kappa shape index (κ2) is 5.82. The van der Waals surface area contributed by atoms with Crippen LogP contribution in [0.15, 0.2) is 53.8 Å². The minimum Gasteiger partial charge on any atom is -0.258 e. The molecule has 124 valence electrons. The number of aromatic nitrogens is 2. The molecule has 0 saturated carbocycles. The highest BCUT2D eigenvalue weighted by Crippen LogP contribution is 2.27. The second-order valence-corrected chi connectivity index (χ2v) is 6.28. The van der Waals surface area contributed by atoms with Gasteiger partial charge in [-0.05, 0) is 36.8 Å². The fraction of sp³-hybridized carbons (Fsp3) is 0.111. The number of nitro benzene ring substituents is 1. The van der Waals surface area contributed by atoms with E-state index in [9.17, 15) is 10.1 Å². The highest BCUT2D eigenvalue weighted by atomic mass is 35.5. The topological polar surface area (TPSA) is 73.3 Å². The number of hydrogen-bond acceptors (Lipinski definition) is 4. The van der Waals surface area contributed by atoms with Crippen molar-refractivity contribution in [2.24, 2.45) is 5.10 Å². The largest absolute Gasteiger partial charge is 0.269 e. The number of hydrogen-bond donors (Lipinski definition) is 0. The van der Waals surface area contributed by atoms with E-state index in [0.717, 1.165) is 28.2 Å². The van der Waals surface area contributed by atoms with E-state index in [1.807, 2.05) is 36.0 Å². The molecule has 0 atom stereocenters. The van der Waals surface area contributed by atoms with E-state index in [-0.39, 0.29) is 5.69 Å². The van der Waals surface area contributed by atoms with Gasteiger partial charge in [0.25, 0.3) is 5.69 Å². The van der Waals surface area contributed by atoms with Gasteiger partial charge >= 0.3 is 0 Å². The first-order chi connectivity index (χ1) is 12.0. The van der Waals surface area contributed by atoms with Crippen LogP contribution in [-0.4, -0.2) is 20.3 Å². The maximum atomic E-state index is 10.9. The summed E-state index contributed by atoms with van der Waals surface area (Å²) in [7, 11) is 0. The summed E-state index contributed by atoms with van der Waals surface area (Å²) in [4.78, 5) is 14.8. The summed E-state index contributed by atoms with van der Waals surface area (Å²) in [5, 5.41) is 16.3. The summed E-state index contributed by atoms with van der Waals surface area (Å²) in [6, 6.07) is 12.1. The van der Waals surface area contributed by atoms with Crippen molar-refractivity contribution in [2.45, 2.75) is 13.3 Å². The minimum absolute atomic E-state index is 0.0452. The average Bonchev–Trinajstić information content (AvgIpc) is 2.85. The number of imidazole rings is 1. The summed E-state index contributed by atoms with van der Waals surface area (Å²) >= 11 is 6.20. The summed E-state index contributed by atoms with van der Waals surface area (Å²) in [6.45, 7) is 1.89. The first kappa shape index (κ1) is 15.5. The molecule has 0 saturated heterocycles. The van der Waals surface area contributed by atoms with Crippen molar-refractivity contribution in [3.63, 3.8) is 0 Å². The predicted molar refractivity (Wildman–Crippen MR) is 95.4 cm³/mol. The lowest BCUT2D eigenvalue weighted by Gasteiger charge is -2.10. The van der Waals surface area contributed by atoms with Crippen LogP contribution in [0.4, 0.5) is 5.69 Å². The van der Waals surface area contributed by atoms with Gasteiger partial charge in [0, 0.05) is 34.7 Å². The molecule has 0 fully saturated rings. The SMILES string of the molecule is Cc1ncc2n1N=C(c1ccc([N+](=O)[O-])cc1)c1cc(Cl)ccc1C2. The molecule has 6 nitrogen and oxygen atoms in total. The second-order valence-electron chi connectivity index (χ2n) is 5.84. The lowest BCUT2D eigenvalue weighted by molar-refractivity contribution is -0.384. The van der Waals surface area contributed by atoms with Gasteiger partial charge in [0.2, 0.25) is 0 Å². The molecule has 4 rings (SSSR count). The quantitative estimate of drug-likeness (QED) is 0.405. The van der Waals surface area contributed by atoms with Crippen LogP contribution in [0.25, 0.3) is 0 Å². The molecule has 2 heterocycles. The molecule has 0 N–H and O–H groups in total. The van der Waals surface area contributed by atoms with E-state index in [2.05, 4.69) is 4.98 Å². The van der Waals surface area contributed by atoms with Crippen LogP contribution < -0.4 is 0 Å².